The first kappa shape index (κ1) is 24.5. The normalized spacial score (nSPS) is 24.1. The molecule has 1 heterocycles. The molecule has 0 aromatic rings. The van der Waals surface area contributed by atoms with Gasteiger partial charge in [-0.25, -0.2) is 0 Å². The molecular formula is C20H40N2O5. The van der Waals surface area contributed by atoms with Crippen LogP contribution in [0, 0.1) is 0 Å². The SMILES string of the molecule is C=CCOCC1COCCOCCN(CC)CCN(CC)CCOCCO1. The van der Waals surface area contributed by atoms with Gasteiger partial charge >= 0.3 is 0 Å². The van der Waals surface area contributed by atoms with Crippen LogP contribution < -0.4 is 0 Å². The standard InChI is InChI=1S/C20H40N2O5/c1-4-11-25-18-20-19-26-15-14-23-12-9-21(5-2)7-8-22(6-3)10-13-24-16-17-27-20/h4,20H,1,5-19H2,2-3H3. The number of hydrogen-bond donors (Lipinski definition) is 0. The molecule has 1 aliphatic heterocycles. The average Bonchev–Trinajstić information content (AvgIpc) is 2.69. The molecule has 7 nitrogen and oxygen atoms in total. The Morgan fingerprint density at radius 3 is 2.04 bits per heavy atom. The second-order valence-corrected chi connectivity index (χ2v) is 6.49. The molecule has 1 aliphatic rings. The van der Waals surface area contributed by atoms with Crippen LogP contribution >= 0.6 is 0 Å². The van der Waals surface area contributed by atoms with E-state index in [9.17, 15) is 0 Å². The number of ether oxygens (including phenoxy) is 5. The van der Waals surface area contributed by atoms with Crippen LogP contribution in [-0.2, 0) is 23.7 Å². The molecule has 0 bridgehead atoms. The van der Waals surface area contributed by atoms with Crippen molar-refractivity contribution in [3.63, 3.8) is 0 Å². The first-order chi connectivity index (χ1) is 13.3. The molecule has 0 spiro atoms. The summed E-state index contributed by atoms with van der Waals surface area (Å²) in [6, 6.07) is 0. The van der Waals surface area contributed by atoms with Gasteiger partial charge in [0.1, 0.15) is 6.10 Å². The zero-order valence-corrected chi connectivity index (χ0v) is 17.4. The smallest absolute Gasteiger partial charge is 0.104 e. The third-order valence-electron chi connectivity index (χ3n) is 4.53. The van der Waals surface area contributed by atoms with Crippen molar-refractivity contribution in [2.45, 2.75) is 20.0 Å². The van der Waals surface area contributed by atoms with E-state index in [1.54, 1.807) is 6.08 Å². The van der Waals surface area contributed by atoms with E-state index in [1.165, 1.54) is 0 Å². The summed E-state index contributed by atoms with van der Waals surface area (Å²) >= 11 is 0. The highest BCUT2D eigenvalue weighted by Gasteiger charge is 2.11. The van der Waals surface area contributed by atoms with Gasteiger partial charge in [0.15, 0.2) is 0 Å². The second kappa shape index (κ2) is 17.6. The van der Waals surface area contributed by atoms with E-state index in [-0.39, 0.29) is 6.10 Å². The molecule has 1 unspecified atom stereocenters. The van der Waals surface area contributed by atoms with Crippen LogP contribution in [0.25, 0.3) is 0 Å². The fourth-order valence-corrected chi connectivity index (χ4v) is 2.76. The molecule has 1 fully saturated rings. The van der Waals surface area contributed by atoms with Crippen molar-refractivity contribution in [2.75, 3.05) is 98.7 Å². The Morgan fingerprint density at radius 1 is 0.852 bits per heavy atom. The Morgan fingerprint density at radius 2 is 1.44 bits per heavy atom. The van der Waals surface area contributed by atoms with E-state index in [4.69, 9.17) is 23.7 Å². The molecule has 0 radical (unpaired) electrons. The van der Waals surface area contributed by atoms with Gasteiger partial charge in [-0.3, -0.25) is 0 Å². The monoisotopic (exact) mass is 388 g/mol. The largest absolute Gasteiger partial charge is 0.378 e. The third kappa shape index (κ3) is 13.3. The molecular weight excluding hydrogens is 348 g/mol. The summed E-state index contributed by atoms with van der Waals surface area (Å²) in [5, 5.41) is 0. The summed E-state index contributed by atoms with van der Waals surface area (Å²) in [4.78, 5) is 4.85. The Bertz CT molecular complexity index is 346. The lowest BCUT2D eigenvalue weighted by molar-refractivity contribution is -0.0769. The number of nitrogens with zero attached hydrogens (tertiary/aromatic N) is 2. The van der Waals surface area contributed by atoms with Gasteiger partial charge in [-0.15, -0.1) is 6.58 Å². The Kier molecular flexibility index (Phi) is 15.9. The van der Waals surface area contributed by atoms with Gasteiger partial charge in [0.25, 0.3) is 0 Å². The van der Waals surface area contributed by atoms with Crippen molar-refractivity contribution < 1.29 is 23.7 Å². The van der Waals surface area contributed by atoms with Crippen molar-refractivity contribution in [3.8, 4) is 0 Å². The highest BCUT2D eigenvalue weighted by molar-refractivity contribution is 4.65. The van der Waals surface area contributed by atoms with E-state index in [1.807, 2.05) is 0 Å². The fraction of sp³-hybridized carbons (Fsp3) is 0.900. The summed E-state index contributed by atoms with van der Waals surface area (Å²) in [5.74, 6) is 0. The van der Waals surface area contributed by atoms with Gasteiger partial charge in [0.05, 0.1) is 59.5 Å². The highest BCUT2D eigenvalue weighted by atomic mass is 16.6. The van der Waals surface area contributed by atoms with Crippen LogP contribution in [0.5, 0.6) is 0 Å². The molecule has 1 saturated heterocycles. The summed E-state index contributed by atoms with van der Waals surface area (Å²) in [5.41, 5.74) is 0. The quantitative estimate of drug-likeness (QED) is 0.502. The van der Waals surface area contributed by atoms with E-state index >= 15 is 0 Å². The molecule has 7 heteroatoms. The minimum atomic E-state index is -0.102. The lowest BCUT2D eigenvalue weighted by atomic mass is 10.4. The molecule has 0 aliphatic carbocycles. The van der Waals surface area contributed by atoms with Crippen LogP contribution in [-0.4, -0.2) is 115 Å². The summed E-state index contributed by atoms with van der Waals surface area (Å²) in [6.07, 6.45) is 1.63. The van der Waals surface area contributed by atoms with Gasteiger partial charge in [-0.1, -0.05) is 19.9 Å². The summed E-state index contributed by atoms with van der Waals surface area (Å²) < 4.78 is 28.5. The van der Waals surface area contributed by atoms with Crippen LogP contribution in [0.15, 0.2) is 12.7 Å². The maximum absolute atomic E-state index is 5.85. The van der Waals surface area contributed by atoms with Crippen molar-refractivity contribution >= 4 is 0 Å². The molecule has 0 saturated carbocycles. The molecule has 0 N–H and O–H groups in total. The molecule has 1 rings (SSSR count). The summed E-state index contributed by atoms with van der Waals surface area (Å²) in [6.45, 7) is 19.4. The van der Waals surface area contributed by atoms with Gasteiger partial charge in [0.2, 0.25) is 0 Å². The summed E-state index contributed by atoms with van der Waals surface area (Å²) in [7, 11) is 0. The van der Waals surface area contributed by atoms with Crippen molar-refractivity contribution in [3.05, 3.63) is 12.7 Å². The minimum Gasteiger partial charge on any atom is -0.378 e. The maximum Gasteiger partial charge on any atom is 0.104 e. The first-order valence-corrected chi connectivity index (χ1v) is 10.3. The highest BCUT2D eigenvalue weighted by Crippen LogP contribution is 1.98. The predicted octanol–water partition coefficient (Wildman–Crippen LogP) is 1.28. The zero-order valence-electron chi connectivity index (χ0n) is 17.4. The predicted molar refractivity (Wildman–Crippen MR) is 107 cm³/mol. The van der Waals surface area contributed by atoms with Crippen LogP contribution in [0.1, 0.15) is 13.8 Å². The first-order valence-electron chi connectivity index (χ1n) is 10.3. The van der Waals surface area contributed by atoms with Gasteiger partial charge in [-0.05, 0) is 13.1 Å². The fourth-order valence-electron chi connectivity index (χ4n) is 2.76. The van der Waals surface area contributed by atoms with Crippen LogP contribution in [0.2, 0.25) is 0 Å². The molecule has 0 aromatic heterocycles. The van der Waals surface area contributed by atoms with Crippen LogP contribution in [0.3, 0.4) is 0 Å². The van der Waals surface area contributed by atoms with E-state index in [0.29, 0.717) is 46.2 Å². The van der Waals surface area contributed by atoms with Gasteiger partial charge in [-0.2, -0.15) is 0 Å². The van der Waals surface area contributed by atoms with E-state index < -0.39 is 0 Å². The molecule has 0 aromatic carbocycles. The molecule has 27 heavy (non-hydrogen) atoms. The van der Waals surface area contributed by atoms with Crippen LogP contribution in [0.4, 0.5) is 0 Å². The Hall–Kier alpha value is -0.540. The van der Waals surface area contributed by atoms with E-state index in [0.717, 1.165) is 52.5 Å². The Labute approximate surface area is 165 Å². The number of rotatable bonds is 6. The molecule has 0 amide bonds. The second-order valence-electron chi connectivity index (χ2n) is 6.49. The number of likely N-dealkylation sites (N-methyl/N-ethyl adjacent to an activating group) is 2. The average molecular weight is 389 g/mol. The van der Waals surface area contributed by atoms with Gasteiger partial charge in [0, 0.05) is 26.2 Å². The van der Waals surface area contributed by atoms with Crippen molar-refractivity contribution in [1.29, 1.82) is 0 Å². The minimum absolute atomic E-state index is 0.102. The Balaban J connectivity index is 2.42. The van der Waals surface area contributed by atoms with E-state index in [2.05, 4.69) is 30.2 Å². The van der Waals surface area contributed by atoms with Crippen molar-refractivity contribution in [2.24, 2.45) is 0 Å². The third-order valence-corrected chi connectivity index (χ3v) is 4.53. The van der Waals surface area contributed by atoms with Crippen molar-refractivity contribution in [1.82, 2.24) is 9.80 Å². The molecule has 160 valence electrons. The number of hydrogen-bond acceptors (Lipinski definition) is 7. The topological polar surface area (TPSA) is 52.6 Å². The van der Waals surface area contributed by atoms with Gasteiger partial charge < -0.3 is 33.5 Å². The molecule has 1 atom stereocenters. The zero-order chi connectivity index (χ0) is 19.6. The lowest BCUT2D eigenvalue weighted by Crippen LogP contribution is -2.38. The maximum atomic E-state index is 5.85. The lowest BCUT2D eigenvalue weighted by Gasteiger charge is -2.26.